The van der Waals surface area contributed by atoms with Crippen LogP contribution in [0.1, 0.15) is 46.3 Å². The van der Waals surface area contributed by atoms with Crippen LogP contribution >= 0.6 is 15.9 Å². The highest BCUT2D eigenvalue weighted by molar-refractivity contribution is 9.10. The van der Waals surface area contributed by atoms with E-state index in [0.29, 0.717) is 31.6 Å². The van der Waals surface area contributed by atoms with Gasteiger partial charge in [0.15, 0.2) is 0 Å². The van der Waals surface area contributed by atoms with Crippen LogP contribution in [0, 0.1) is 0 Å². The summed E-state index contributed by atoms with van der Waals surface area (Å²) in [7, 11) is 0. The molecule has 0 spiro atoms. The zero-order valence-corrected chi connectivity index (χ0v) is 26.3. The molecular formula is C37H40BrN3O2. The maximum Gasteiger partial charge on any atom is 0.251 e. The standard InChI is InChI=1S/C37H40BrN3O2/c38-35-18-16-30(17-19-35)26-36(42)41(23-8-12-29-9-2-1-3-10-29)28-31-11-6-13-32(25-31)33-14-7-15-34(27-33)37(43)39-20-24-40-21-4-5-22-40/h1-3,6-7,9-11,13-19,25,27H,4-5,8,12,20-24,26,28H2,(H,39,43). The van der Waals surface area contributed by atoms with E-state index in [1.807, 2.05) is 65.6 Å². The molecule has 0 radical (unpaired) electrons. The third-order valence-corrected chi connectivity index (χ3v) is 8.56. The molecule has 1 N–H and O–H groups in total. The number of nitrogens with one attached hydrogen (secondary N) is 1. The summed E-state index contributed by atoms with van der Waals surface area (Å²) in [4.78, 5) is 30.8. The first-order valence-electron chi connectivity index (χ1n) is 15.3. The van der Waals surface area contributed by atoms with E-state index in [1.54, 1.807) is 0 Å². The Balaban J connectivity index is 1.26. The molecule has 222 valence electrons. The van der Waals surface area contributed by atoms with Crippen molar-refractivity contribution >= 4 is 27.7 Å². The topological polar surface area (TPSA) is 52.7 Å². The molecule has 5 nitrogen and oxygen atoms in total. The van der Waals surface area contributed by atoms with Crippen molar-refractivity contribution in [2.45, 2.75) is 38.6 Å². The summed E-state index contributed by atoms with van der Waals surface area (Å²) in [5.74, 6) is 0.0775. The van der Waals surface area contributed by atoms with Gasteiger partial charge < -0.3 is 15.1 Å². The van der Waals surface area contributed by atoms with Crippen LogP contribution in [0.3, 0.4) is 0 Å². The normalized spacial score (nSPS) is 13.1. The zero-order chi connectivity index (χ0) is 29.9. The molecule has 0 aromatic heterocycles. The van der Waals surface area contributed by atoms with Crippen LogP contribution in [0.25, 0.3) is 11.1 Å². The van der Waals surface area contributed by atoms with Gasteiger partial charge in [-0.25, -0.2) is 0 Å². The molecule has 43 heavy (non-hydrogen) atoms. The van der Waals surface area contributed by atoms with Gasteiger partial charge in [-0.2, -0.15) is 0 Å². The molecule has 6 heteroatoms. The number of hydrogen-bond donors (Lipinski definition) is 1. The Hall–Kier alpha value is -3.74. The van der Waals surface area contributed by atoms with E-state index in [2.05, 4.69) is 68.6 Å². The van der Waals surface area contributed by atoms with Crippen molar-refractivity contribution in [3.05, 3.63) is 130 Å². The molecule has 1 fully saturated rings. The number of hydrogen-bond acceptors (Lipinski definition) is 3. The largest absolute Gasteiger partial charge is 0.351 e. The summed E-state index contributed by atoms with van der Waals surface area (Å²) in [6, 6.07) is 34.5. The van der Waals surface area contributed by atoms with Gasteiger partial charge in [-0.05, 0) is 96.9 Å². The fourth-order valence-electron chi connectivity index (χ4n) is 5.64. The van der Waals surface area contributed by atoms with E-state index >= 15 is 0 Å². The molecule has 5 rings (SSSR count). The number of rotatable bonds is 13. The van der Waals surface area contributed by atoms with Crippen LogP contribution in [0.15, 0.2) is 108 Å². The predicted molar refractivity (Wildman–Crippen MR) is 178 cm³/mol. The number of nitrogens with zero attached hydrogens (tertiary/aromatic N) is 2. The van der Waals surface area contributed by atoms with Crippen LogP contribution in [0.4, 0.5) is 0 Å². The van der Waals surface area contributed by atoms with E-state index in [0.717, 1.165) is 59.2 Å². The van der Waals surface area contributed by atoms with Crippen molar-refractivity contribution in [3.8, 4) is 11.1 Å². The highest BCUT2D eigenvalue weighted by Crippen LogP contribution is 2.23. The summed E-state index contributed by atoms with van der Waals surface area (Å²) in [6.07, 6.45) is 4.69. The third-order valence-electron chi connectivity index (χ3n) is 8.03. The van der Waals surface area contributed by atoms with Gasteiger partial charge in [0.2, 0.25) is 5.91 Å². The number of likely N-dealkylation sites (tertiary alicyclic amines) is 1. The minimum Gasteiger partial charge on any atom is -0.351 e. The Labute approximate surface area is 264 Å². The highest BCUT2D eigenvalue weighted by Gasteiger charge is 2.16. The van der Waals surface area contributed by atoms with E-state index in [4.69, 9.17) is 0 Å². The van der Waals surface area contributed by atoms with Crippen LogP contribution in [-0.2, 0) is 24.2 Å². The van der Waals surface area contributed by atoms with Crippen LogP contribution < -0.4 is 5.32 Å². The maximum absolute atomic E-state index is 13.6. The van der Waals surface area contributed by atoms with Crippen LogP contribution in [0.2, 0.25) is 0 Å². The van der Waals surface area contributed by atoms with Gasteiger partial charge in [-0.3, -0.25) is 9.59 Å². The minimum atomic E-state index is -0.0414. The SMILES string of the molecule is O=C(NCCN1CCCC1)c1cccc(-c2cccc(CN(CCCc3ccccc3)C(=O)Cc3ccc(Br)cc3)c2)c1. The number of aryl methyl sites for hydroxylation is 1. The second-order valence-electron chi connectivity index (χ2n) is 11.3. The summed E-state index contributed by atoms with van der Waals surface area (Å²) in [6.45, 7) is 5.03. The lowest BCUT2D eigenvalue weighted by Gasteiger charge is -2.24. The lowest BCUT2D eigenvalue weighted by atomic mass is 10.0. The smallest absolute Gasteiger partial charge is 0.251 e. The second kappa shape index (κ2) is 15.6. The first-order chi connectivity index (χ1) is 21.0. The Kier molecular flexibility index (Phi) is 11.2. The Morgan fingerprint density at radius 1 is 0.767 bits per heavy atom. The summed E-state index contributed by atoms with van der Waals surface area (Å²) >= 11 is 3.48. The minimum absolute atomic E-state index is 0.0414. The van der Waals surface area contributed by atoms with Crippen LogP contribution in [0.5, 0.6) is 0 Å². The monoisotopic (exact) mass is 637 g/mol. The Bertz CT molecular complexity index is 1480. The van der Waals surface area contributed by atoms with Crippen molar-refractivity contribution in [2.24, 2.45) is 0 Å². The average molecular weight is 639 g/mol. The van der Waals surface area contributed by atoms with E-state index in [-0.39, 0.29) is 11.8 Å². The van der Waals surface area contributed by atoms with Gasteiger partial charge in [-0.1, -0.05) is 88.7 Å². The molecule has 1 aliphatic rings. The quantitative estimate of drug-likeness (QED) is 0.169. The van der Waals surface area contributed by atoms with Crippen molar-refractivity contribution in [1.29, 1.82) is 0 Å². The highest BCUT2D eigenvalue weighted by atomic mass is 79.9. The van der Waals surface area contributed by atoms with E-state index < -0.39 is 0 Å². The summed E-state index contributed by atoms with van der Waals surface area (Å²) < 4.78 is 1.00. The van der Waals surface area contributed by atoms with Gasteiger partial charge in [-0.15, -0.1) is 0 Å². The molecule has 1 aliphatic heterocycles. The summed E-state index contributed by atoms with van der Waals surface area (Å²) in [5, 5.41) is 3.08. The molecule has 0 bridgehead atoms. The molecule has 1 saturated heterocycles. The first kappa shape index (κ1) is 30.7. The van der Waals surface area contributed by atoms with Gasteiger partial charge in [0.1, 0.15) is 0 Å². The van der Waals surface area contributed by atoms with Crippen molar-refractivity contribution in [1.82, 2.24) is 15.1 Å². The Morgan fingerprint density at radius 3 is 2.23 bits per heavy atom. The zero-order valence-electron chi connectivity index (χ0n) is 24.7. The lowest BCUT2D eigenvalue weighted by Crippen LogP contribution is -2.33. The van der Waals surface area contributed by atoms with Gasteiger partial charge >= 0.3 is 0 Å². The fraction of sp³-hybridized carbons (Fsp3) is 0.297. The molecular weight excluding hydrogens is 598 g/mol. The average Bonchev–Trinajstić information content (AvgIpc) is 3.56. The number of halogens is 1. The van der Waals surface area contributed by atoms with Crippen molar-refractivity contribution in [3.63, 3.8) is 0 Å². The van der Waals surface area contributed by atoms with E-state index in [9.17, 15) is 9.59 Å². The number of carbonyl (C=O) groups excluding carboxylic acids is 2. The molecule has 0 atom stereocenters. The fourth-order valence-corrected chi connectivity index (χ4v) is 5.91. The Morgan fingerprint density at radius 2 is 1.47 bits per heavy atom. The first-order valence-corrected chi connectivity index (χ1v) is 16.1. The molecule has 2 amide bonds. The molecule has 0 unspecified atom stereocenters. The number of benzene rings is 4. The third kappa shape index (κ3) is 9.37. The van der Waals surface area contributed by atoms with E-state index in [1.165, 1.54) is 18.4 Å². The predicted octanol–water partition coefficient (Wildman–Crippen LogP) is 7.15. The van der Waals surface area contributed by atoms with Crippen LogP contribution in [-0.4, -0.2) is 54.3 Å². The lowest BCUT2D eigenvalue weighted by molar-refractivity contribution is -0.131. The second-order valence-corrected chi connectivity index (χ2v) is 12.2. The van der Waals surface area contributed by atoms with Gasteiger partial charge in [0, 0.05) is 36.2 Å². The maximum atomic E-state index is 13.6. The molecule has 0 saturated carbocycles. The molecule has 4 aromatic carbocycles. The van der Waals surface area contributed by atoms with Crippen molar-refractivity contribution in [2.75, 3.05) is 32.7 Å². The van der Waals surface area contributed by atoms with Gasteiger partial charge in [0.25, 0.3) is 5.91 Å². The molecule has 1 heterocycles. The summed E-state index contributed by atoms with van der Waals surface area (Å²) in [5.41, 5.74) is 6.05. The van der Waals surface area contributed by atoms with Gasteiger partial charge in [0.05, 0.1) is 6.42 Å². The molecule has 0 aliphatic carbocycles. The number of carbonyl (C=O) groups is 2. The molecule has 4 aromatic rings. The van der Waals surface area contributed by atoms with Crippen molar-refractivity contribution < 1.29 is 9.59 Å². The number of amides is 2.